The van der Waals surface area contributed by atoms with Gasteiger partial charge in [-0.1, -0.05) is 29.8 Å². The molecule has 0 spiro atoms. The van der Waals surface area contributed by atoms with Crippen LogP contribution in [0.25, 0.3) is 0 Å². The van der Waals surface area contributed by atoms with Gasteiger partial charge in [0.25, 0.3) is 5.91 Å². The summed E-state index contributed by atoms with van der Waals surface area (Å²) in [5.41, 5.74) is 2.05. The van der Waals surface area contributed by atoms with Gasteiger partial charge in [-0.2, -0.15) is 0 Å². The summed E-state index contributed by atoms with van der Waals surface area (Å²) in [4.78, 5) is 12.2. The molecule has 1 aromatic carbocycles. The molecule has 1 aliphatic carbocycles. The lowest BCUT2D eigenvalue weighted by molar-refractivity contribution is 0.0874. The second kappa shape index (κ2) is 5.60. The van der Waals surface area contributed by atoms with E-state index < -0.39 is 0 Å². The Bertz CT molecular complexity index is 473. The van der Waals surface area contributed by atoms with E-state index in [4.69, 9.17) is 0 Å². The molecule has 0 heterocycles. The average molecular weight is 257 g/mol. The van der Waals surface area contributed by atoms with E-state index in [0.717, 1.165) is 24.8 Å². The molecule has 102 valence electrons. The van der Waals surface area contributed by atoms with Crippen molar-refractivity contribution in [2.24, 2.45) is 5.92 Å². The minimum absolute atomic E-state index is 0.0249. The topological polar surface area (TPSA) is 29.1 Å². The van der Waals surface area contributed by atoms with E-state index in [1.807, 2.05) is 30.3 Å². The van der Waals surface area contributed by atoms with E-state index in [1.165, 1.54) is 5.57 Å². The number of nitrogens with one attached hydrogen (secondary N) is 1. The maximum atomic E-state index is 12.2. The van der Waals surface area contributed by atoms with Crippen LogP contribution in [0.5, 0.6) is 0 Å². The standard InChI is InChI=1S/C17H23NO/c1-13-9-11-15(12-10-13)17(2,3)18-16(19)14-7-5-4-6-8-14/h4-9,15H,10-12H2,1-3H3,(H,18,19)/t15-/m0/s1. The van der Waals surface area contributed by atoms with Gasteiger partial charge in [-0.3, -0.25) is 4.79 Å². The van der Waals surface area contributed by atoms with Crippen LogP contribution < -0.4 is 5.32 Å². The van der Waals surface area contributed by atoms with E-state index in [1.54, 1.807) is 0 Å². The molecule has 0 bridgehead atoms. The minimum atomic E-state index is -0.163. The molecular weight excluding hydrogens is 234 g/mol. The van der Waals surface area contributed by atoms with Gasteiger partial charge in [-0.25, -0.2) is 0 Å². The van der Waals surface area contributed by atoms with Crippen LogP contribution in [-0.4, -0.2) is 11.4 Å². The fourth-order valence-corrected chi connectivity index (χ4v) is 2.68. The van der Waals surface area contributed by atoms with Crippen molar-refractivity contribution in [2.45, 2.75) is 45.6 Å². The second-order valence-electron chi connectivity index (χ2n) is 6.06. The molecule has 19 heavy (non-hydrogen) atoms. The van der Waals surface area contributed by atoms with Crippen molar-refractivity contribution in [1.82, 2.24) is 5.32 Å². The van der Waals surface area contributed by atoms with Gasteiger partial charge in [0.2, 0.25) is 0 Å². The quantitative estimate of drug-likeness (QED) is 0.816. The molecular formula is C17H23NO. The van der Waals surface area contributed by atoms with Gasteiger partial charge in [-0.05, 0) is 58.1 Å². The number of benzene rings is 1. The highest BCUT2D eigenvalue weighted by molar-refractivity contribution is 5.94. The third kappa shape index (κ3) is 3.46. The molecule has 2 rings (SSSR count). The smallest absolute Gasteiger partial charge is 0.251 e. The number of amides is 1. The van der Waals surface area contributed by atoms with Gasteiger partial charge in [0, 0.05) is 11.1 Å². The maximum Gasteiger partial charge on any atom is 0.251 e. The van der Waals surface area contributed by atoms with Crippen LogP contribution in [-0.2, 0) is 0 Å². The van der Waals surface area contributed by atoms with Gasteiger partial charge >= 0.3 is 0 Å². The lowest BCUT2D eigenvalue weighted by Gasteiger charge is -2.37. The first kappa shape index (κ1) is 13.9. The molecule has 2 nitrogen and oxygen atoms in total. The summed E-state index contributed by atoms with van der Waals surface area (Å²) in [6, 6.07) is 9.44. The van der Waals surface area contributed by atoms with Crippen molar-refractivity contribution >= 4 is 5.91 Å². The van der Waals surface area contributed by atoms with Crippen LogP contribution in [0.2, 0.25) is 0 Å². The largest absolute Gasteiger partial charge is 0.347 e. The molecule has 0 fully saturated rings. The summed E-state index contributed by atoms with van der Waals surface area (Å²) in [7, 11) is 0. The van der Waals surface area contributed by atoms with E-state index >= 15 is 0 Å². The molecule has 1 atom stereocenters. The fraction of sp³-hybridized carbons (Fsp3) is 0.471. The summed E-state index contributed by atoms with van der Waals surface area (Å²) in [6.07, 6.45) is 5.68. The molecule has 0 saturated heterocycles. The summed E-state index contributed by atoms with van der Waals surface area (Å²) < 4.78 is 0. The number of carbonyl (C=O) groups is 1. The monoisotopic (exact) mass is 257 g/mol. The zero-order valence-corrected chi connectivity index (χ0v) is 12.1. The number of hydrogen-bond donors (Lipinski definition) is 1. The SMILES string of the molecule is CC1=CC[C@H](C(C)(C)NC(=O)c2ccccc2)CC1. The van der Waals surface area contributed by atoms with Gasteiger partial charge in [0.1, 0.15) is 0 Å². The summed E-state index contributed by atoms with van der Waals surface area (Å²) >= 11 is 0. The first-order valence-electron chi connectivity index (χ1n) is 7.02. The molecule has 0 unspecified atom stereocenters. The normalized spacial score (nSPS) is 19.7. The highest BCUT2D eigenvalue weighted by atomic mass is 16.1. The van der Waals surface area contributed by atoms with Crippen LogP contribution in [0, 0.1) is 5.92 Å². The molecule has 2 heteroatoms. The highest BCUT2D eigenvalue weighted by Crippen LogP contribution is 2.31. The zero-order valence-electron chi connectivity index (χ0n) is 12.1. The van der Waals surface area contributed by atoms with Crippen molar-refractivity contribution < 1.29 is 4.79 Å². The summed E-state index contributed by atoms with van der Waals surface area (Å²) in [5.74, 6) is 0.542. The van der Waals surface area contributed by atoms with E-state index in [2.05, 4.69) is 32.2 Å². The molecule has 0 saturated carbocycles. The van der Waals surface area contributed by atoms with Gasteiger partial charge in [-0.15, -0.1) is 0 Å². The van der Waals surface area contributed by atoms with Gasteiger partial charge < -0.3 is 5.32 Å². The summed E-state index contributed by atoms with van der Waals surface area (Å²) in [6.45, 7) is 6.45. The van der Waals surface area contributed by atoms with Gasteiger partial charge in [0.05, 0.1) is 0 Å². The van der Waals surface area contributed by atoms with E-state index in [-0.39, 0.29) is 11.4 Å². The lowest BCUT2D eigenvalue weighted by Crippen LogP contribution is -2.49. The third-order valence-electron chi connectivity index (χ3n) is 4.13. The lowest BCUT2D eigenvalue weighted by atomic mass is 9.77. The average Bonchev–Trinajstić information content (AvgIpc) is 2.40. The van der Waals surface area contributed by atoms with Crippen molar-refractivity contribution in [2.75, 3.05) is 0 Å². The van der Waals surface area contributed by atoms with Crippen molar-refractivity contribution in [3.8, 4) is 0 Å². The van der Waals surface area contributed by atoms with Crippen LogP contribution in [0.15, 0.2) is 42.0 Å². The van der Waals surface area contributed by atoms with Crippen LogP contribution in [0.1, 0.15) is 50.4 Å². The molecule has 1 aromatic rings. The highest BCUT2D eigenvalue weighted by Gasteiger charge is 2.31. The van der Waals surface area contributed by atoms with Crippen LogP contribution in [0.4, 0.5) is 0 Å². The number of carbonyl (C=O) groups excluding carboxylic acids is 1. The Labute approximate surface area is 115 Å². The van der Waals surface area contributed by atoms with Gasteiger partial charge in [0.15, 0.2) is 0 Å². The summed E-state index contributed by atoms with van der Waals surface area (Å²) in [5, 5.41) is 3.19. The Hall–Kier alpha value is -1.57. The molecule has 0 aliphatic heterocycles. The third-order valence-corrected chi connectivity index (χ3v) is 4.13. The maximum absolute atomic E-state index is 12.2. The molecule has 0 aromatic heterocycles. The Balaban J connectivity index is 2.03. The molecule has 1 amide bonds. The Morgan fingerprint density at radius 1 is 1.26 bits per heavy atom. The Kier molecular flexibility index (Phi) is 4.08. The van der Waals surface area contributed by atoms with Crippen LogP contribution in [0.3, 0.4) is 0 Å². The second-order valence-corrected chi connectivity index (χ2v) is 6.06. The van der Waals surface area contributed by atoms with Crippen molar-refractivity contribution in [3.05, 3.63) is 47.5 Å². The number of hydrogen-bond acceptors (Lipinski definition) is 1. The van der Waals surface area contributed by atoms with Crippen molar-refractivity contribution in [3.63, 3.8) is 0 Å². The number of rotatable bonds is 3. The number of allylic oxidation sites excluding steroid dienone is 2. The minimum Gasteiger partial charge on any atom is -0.347 e. The molecule has 1 N–H and O–H groups in total. The Morgan fingerprint density at radius 2 is 1.95 bits per heavy atom. The first-order chi connectivity index (χ1) is 8.99. The zero-order chi connectivity index (χ0) is 13.9. The predicted molar refractivity (Wildman–Crippen MR) is 79.1 cm³/mol. The predicted octanol–water partition coefficient (Wildman–Crippen LogP) is 3.94. The van der Waals surface area contributed by atoms with Crippen molar-refractivity contribution in [1.29, 1.82) is 0 Å². The molecule has 0 radical (unpaired) electrons. The molecule has 1 aliphatic rings. The van der Waals surface area contributed by atoms with E-state index in [0.29, 0.717) is 5.92 Å². The first-order valence-corrected chi connectivity index (χ1v) is 7.02. The fourth-order valence-electron chi connectivity index (χ4n) is 2.68. The van der Waals surface area contributed by atoms with Crippen LogP contribution >= 0.6 is 0 Å². The Morgan fingerprint density at radius 3 is 2.53 bits per heavy atom. The van der Waals surface area contributed by atoms with E-state index in [9.17, 15) is 4.79 Å².